The SMILES string of the molecule is CC(OC(=O)c1cc(S(N)(=O)=O)ccc1Br)C(=O)c1c[nH]c2ccccc12. The molecule has 0 aliphatic heterocycles. The van der Waals surface area contributed by atoms with Crippen molar-refractivity contribution in [1.82, 2.24) is 4.98 Å². The largest absolute Gasteiger partial charge is 0.451 e. The third-order valence-corrected chi connectivity index (χ3v) is 5.60. The maximum Gasteiger partial charge on any atom is 0.340 e. The molecule has 0 bridgehead atoms. The number of fused-ring (bicyclic) bond motifs is 1. The second-order valence-corrected chi connectivity index (χ2v) is 8.26. The second-order valence-electron chi connectivity index (χ2n) is 5.85. The van der Waals surface area contributed by atoms with Crippen molar-refractivity contribution >= 4 is 48.6 Å². The lowest BCUT2D eigenvalue weighted by Gasteiger charge is -2.13. The van der Waals surface area contributed by atoms with Crippen molar-refractivity contribution in [2.24, 2.45) is 5.14 Å². The number of H-pyrrole nitrogens is 1. The smallest absolute Gasteiger partial charge is 0.340 e. The summed E-state index contributed by atoms with van der Waals surface area (Å²) in [7, 11) is -3.98. The van der Waals surface area contributed by atoms with Gasteiger partial charge in [-0.25, -0.2) is 18.4 Å². The van der Waals surface area contributed by atoms with E-state index in [1.807, 2.05) is 12.1 Å². The van der Waals surface area contributed by atoms with E-state index in [0.29, 0.717) is 10.0 Å². The molecule has 27 heavy (non-hydrogen) atoms. The number of benzene rings is 2. The Hall–Kier alpha value is -2.49. The number of ether oxygens (including phenoxy) is 1. The predicted molar refractivity (Wildman–Crippen MR) is 103 cm³/mol. The van der Waals surface area contributed by atoms with Gasteiger partial charge in [0.05, 0.1) is 10.5 Å². The van der Waals surface area contributed by atoms with Gasteiger partial charge in [0.25, 0.3) is 0 Å². The molecule has 140 valence electrons. The molecule has 2 aromatic carbocycles. The predicted octanol–water partition coefficient (Wildman–Crippen LogP) is 3.01. The van der Waals surface area contributed by atoms with E-state index >= 15 is 0 Å². The Balaban J connectivity index is 1.85. The topological polar surface area (TPSA) is 119 Å². The molecule has 1 unspecified atom stereocenters. The van der Waals surface area contributed by atoms with Crippen molar-refractivity contribution in [2.75, 3.05) is 0 Å². The molecule has 9 heteroatoms. The summed E-state index contributed by atoms with van der Waals surface area (Å²) in [6.45, 7) is 1.46. The van der Waals surface area contributed by atoms with Crippen LogP contribution in [0.25, 0.3) is 10.9 Å². The highest BCUT2D eigenvalue weighted by atomic mass is 79.9. The summed E-state index contributed by atoms with van der Waals surface area (Å²) >= 11 is 3.17. The zero-order chi connectivity index (χ0) is 19.8. The number of halogens is 1. The molecular weight excluding hydrogens is 436 g/mol. The van der Waals surface area contributed by atoms with Crippen LogP contribution in [0.2, 0.25) is 0 Å². The molecule has 0 saturated heterocycles. The zero-order valence-electron chi connectivity index (χ0n) is 14.1. The summed E-state index contributed by atoms with van der Waals surface area (Å²) in [6, 6.07) is 11.0. The van der Waals surface area contributed by atoms with Crippen molar-refractivity contribution in [3.8, 4) is 0 Å². The summed E-state index contributed by atoms with van der Waals surface area (Å²) in [4.78, 5) is 27.9. The lowest BCUT2D eigenvalue weighted by molar-refractivity contribution is 0.0318. The fourth-order valence-corrected chi connectivity index (χ4v) is 3.56. The number of aromatic amines is 1. The molecule has 0 fully saturated rings. The van der Waals surface area contributed by atoms with Crippen LogP contribution in [0.4, 0.5) is 0 Å². The number of nitrogens with two attached hydrogens (primary N) is 1. The van der Waals surface area contributed by atoms with Crippen molar-refractivity contribution < 1.29 is 22.7 Å². The summed E-state index contributed by atoms with van der Waals surface area (Å²) in [6.07, 6.45) is 0.497. The number of sulfonamides is 1. The Labute approximate surface area is 163 Å². The van der Waals surface area contributed by atoms with E-state index in [-0.39, 0.29) is 16.2 Å². The molecule has 0 aliphatic carbocycles. The van der Waals surface area contributed by atoms with Crippen LogP contribution in [0, 0.1) is 0 Å². The number of para-hydroxylation sites is 1. The van der Waals surface area contributed by atoms with E-state index in [4.69, 9.17) is 9.88 Å². The van der Waals surface area contributed by atoms with E-state index < -0.39 is 22.1 Å². The number of hydrogen-bond donors (Lipinski definition) is 2. The minimum Gasteiger partial charge on any atom is -0.451 e. The number of carbonyl (C=O) groups excluding carboxylic acids is 2. The van der Waals surface area contributed by atoms with Crippen molar-refractivity contribution in [3.05, 3.63) is 64.3 Å². The lowest BCUT2D eigenvalue weighted by atomic mass is 10.1. The van der Waals surface area contributed by atoms with Crippen LogP contribution in [-0.2, 0) is 14.8 Å². The molecule has 0 saturated carbocycles. The average molecular weight is 451 g/mol. The van der Waals surface area contributed by atoms with Gasteiger partial charge in [-0.15, -0.1) is 0 Å². The number of esters is 1. The van der Waals surface area contributed by atoms with Crippen LogP contribution < -0.4 is 5.14 Å². The fraction of sp³-hybridized carbons (Fsp3) is 0.111. The number of carbonyl (C=O) groups is 2. The fourth-order valence-electron chi connectivity index (χ4n) is 2.61. The van der Waals surface area contributed by atoms with E-state index in [9.17, 15) is 18.0 Å². The molecule has 0 spiro atoms. The normalized spacial score (nSPS) is 12.7. The first-order valence-corrected chi connectivity index (χ1v) is 10.2. The molecule has 0 amide bonds. The summed E-state index contributed by atoms with van der Waals surface area (Å²) < 4.78 is 28.5. The molecule has 1 atom stereocenters. The van der Waals surface area contributed by atoms with Crippen LogP contribution in [0.15, 0.2) is 58.0 Å². The Morgan fingerprint density at radius 1 is 1.15 bits per heavy atom. The van der Waals surface area contributed by atoms with Gasteiger partial charge in [0, 0.05) is 27.1 Å². The van der Waals surface area contributed by atoms with Gasteiger partial charge in [0.2, 0.25) is 15.8 Å². The van der Waals surface area contributed by atoms with Crippen LogP contribution >= 0.6 is 15.9 Å². The maximum atomic E-state index is 12.7. The first-order valence-electron chi connectivity index (χ1n) is 7.82. The number of hydrogen-bond acceptors (Lipinski definition) is 5. The van der Waals surface area contributed by atoms with Gasteiger partial charge in [-0.3, -0.25) is 4.79 Å². The van der Waals surface area contributed by atoms with Crippen molar-refractivity contribution in [1.29, 1.82) is 0 Å². The lowest BCUT2D eigenvalue weighted by Crippen LogP contribution is -2.24. The maximum absolute atomic E-state index is 12.7. The number of nitrogens with one attached hydrogen (secondary N) is 1. The van der Waals surface area contributed by atoms with Gasteiger partial charge in [0.15, 0.2) is 6.10 Å². The second kappa shape index (κ2) is 7.26. The first kappa shape index (κ1) is 19.3. The number of rotatable bonds is 5. The Morgan fingerprint density at radius 2 is 1.85 bits per heavy atom. The number of ketones is 1. The van der Waals surface area contributed by atoms with Gasteiger partial charge in [-0.2, -0.15) is 0 Å². The molecule has 1 heterocycles. The summed E-state index contributed by atoms with van der Waals surface area (Å²) in [5, 5.41) is 5.81. The molecule has 0 radical (unpaired) electrons. The van der Waals surface area contributed by atoms with Crippen LogP contribution in [0.1, 0.15) is 27.6 Å². The molecule has 7 nitrogen and oxygen atoms in total. The zero-order valence-corrected chi connectivity index (χ0v) is 16.5. The molecule has 3 aromatic rings. The van der Waals surface area contributed by atoms with Gasteiger partial charge in [0.1, 0.15) is 0 Å². The number of aromatic nitrogens is 1. The third kappa shape index (κ3) is 3.95. The van der Waals surface area contributed by atoms with E-state index in [0.717, 1.165) is 17.0 Å². The van der Waals surface area contributed by atoms with Crippen molar-refractivity contribution in [3.63, 3.8) is 0 Å². The van der Waals surface area contributed by atoms with E-state index in [1.165, 1.54) is 19.1 Å². The minimum atomic E-state index is -3.98. The molecular formula is C18H15BrN2O5S. The van der Waals surface area contributed by atoms with E-state index in [2.05, 4.69) is 20.9 Å². The van der Waals surface area contributed by atoms with Crippen molar-refractivity contribution in [2.45, 2.75) is 17.9 Å². The van der Waals surface area contributed by atoms with Crippen LogP contribution in [0.5, 0.6) is 0 Å². The summed E-state index contributed by atoms with van der Waals surface area (Å²) in [5.41, 5.74) is 1.16. The molecule has 3 N–H and O–H groups in total. The minimum absolute atomic E-state index is 0.0416. The monoisotopic (exact) mass is 450 g/mol. The third-order valence-electron chi connectivity index (χ3n) is 3.99. The highest BCUT2D eigenvalue weighted by Crippen LogP contribution is 2.23. The Bertz CT molecular complexity index is 1150. The highest BCUT2D eigenvalue weighted by molar-refractivity contribution is 9.10. The van der Waals surface area contributed by atoms with Gasteiger partial charge in [-0.1, -0.05) is 18.2 Å². The quantitative estimate of drug-likeness (QED) is 0.457. The molecule has 3 rings (SSSR count). The Morgan fingerprint density at radius 3 is 2.56 bits per heavy atom. The van der Waals surface area contributed by atoms with Gasteiger partial charge >= 0.3 is 5.97 Å². The van der Waals surface area contributed by atoms with Gasteiger partial charge in [-0.05, 0) is 47.1 Å². The Kier molecular flexibility index (Phi) is 5.18. The average Bonchev–Trinajstić information content (AvgIpc) is 3.04. The van der Waals surface area contributed by atoms with Gasteiger partial charge < -0.3 is 9.72 Å². The molecule has 1 aromatic heterocycles. The van der Waals surface area contributed by atoms with E-state index in [1.54, 1.807) is 18.3 Å². The first-order chi connectivity index (χ1) is 12.7. The number of primary sulfonamides is 1. The standard InChI is InChI=1S/C18H15BrN2O5S/c1-10(17(22)14-9-21-16-5-3-2-4-12(14)16)26-18(23)13-8-11(27(20,24)25)6-7-15(13)19/h2-10,21H,1H3,(H2,20,24,25). The summed E-state index contributed by atoms with van der Waals surface area (Å²) in [5.74, 6) is -1.22. The molecule has 0 aliphatic rings. The van der Waals surface area contributed by atoms with Crippen LogP contribution in [0.3, 0.4) is 0 Å². The number of Topliss-reactive ketones (excluding diaryl/α,β-unsaturated/α-hetero) is 1. The highest BCUT2D eigenvalue weighted by Gasteiger charge is 2.24. The van der Waals surface area contributed by atoms with Crippen LogP contribution in [-0.4, -0.2) is 31.3 Å².